The molecule has 0 aromatic heterocycles. The summed E-state index contributed by atoms with van der Waals surface area (Å²) in [5.41, 5.74) is 5.26. The van der Waals surface area contributed by atoms with Gasteiger partial charge in [-0.1, -0.05) is 0 Å². The third-order valence-corrected chi connectivity index (χ3v) is 2.58. The Morgan fingerprint density at radius 1 is 1.25 bits per heavy atom. The van der Waals surface area contributed by atoms with Crippen LogP contribution in [0.15, 0.2) is 0 Å². The fourth-order valence-corrected chi connectivity index (χ4v) is 1.56. The van der Waals surface area contributed by atoms with Crippen molar-refractivity contribution in [1.29, 1.82) is 0 Å². The van der Waals surface area contributed by atoms with Crippen LogP contribution in [-0.4, -0.2) is 65.5 Å². The molecule has 0 aromatic carbocycles. The second-order valence-electron chi connectivity index (χ2n) is 3.34. The molecule has 1 rings (SSSR count). The van der Waals surface area contributed by atoms with Gasteiger partial charge in [-0.25, -0.2) is 4.18 Å². The molecule has 0 amide bonds. The Kier molecular flexibility index (Phi) is 4.20. The lowest BCUT2D eigenvalue weighted by atomic mass is 9.98. The summed E-state index contributed by atoms with van der Waals surface area (Å²) in [4.78, 5) is 0. The molecule has 1 fully saturated rings. The minimum atomic E-state index is -4.68. The van der Waals surface area contributed by atoms with Gasteiger partial charge in [-0.3, -0.25) is 4.55 Å². The van der Waals surface area contributed by atoms with Crippen molar-refractivity contribution < 1.29 is 37.2 Å². The smallest absolute Gasteiger partial charge is 0.388 e. The highest BCUT2D eigenvalue weighted by atomic mass is 32.3. The van der Waals surface area contributed by atoms with Gasteiger partial charge in [-0.05, 0) is 0 Å². The van der Waals surface area contributed by atoms with E-state index in [0.29, 0.717) is 0 Å². The summed E-state index contributed by atoms with van der Waals surface area (Å²) in [6.07, 6.45) is -5.89. The summed E-state index contributed by atoms with van der Waals surface area (Å²) >= 11 is 0. The number of aliphatic hydroxyl groups is 3. The van der Waals surface area contributed by atoms with Crippen LogP contribution < -0.4 is 5.73 Å². The van der Waals surface area contributed by atoms with Crippen LogP contribution in [0, 0.1) is 0 Å². The molecule has 16 heavy (non-hydrogen) atoms. The first-order valence-electron chi connectivity index (χ1n) is 4.29. The normalized spacial score (nSPS) is 40.9. The molecule has 10 heteroatoms. The van der Waals surface area contributed by atoms with Gasteiger partial charge in [-0.2, -0.15) is 8.42 Å². The fourth-order valence-electron chi connectivity index (χ4n) is 1.26. The first-order chi connectivity index (χ1) is 7.22. The Hall–Kier alpha value is -0.330. The molecule has 0 bridgehead atoms. The predicted molar refractivity (Wildman–Crippen MR) is 48.4 cm³/mol. The first kappa shape index (κ1) is 13.7. The van der Waals surface area contributed by atoms with Crippen LogP contribution in [0.1, 0.15) is 0 Å². The minimum Gasteiger partial charge on any atom is -0.388 e. The van der Waals surface area contributed by atoms with Gasteiger partial charge in [-0.15, -0.1) is 0 Å². The third kappa shape index (κ3) is 3.33. The summed E-state index contributed by atoms with van der Waals surface area (Å²) in [6, 6.07) is -1.21. The molecule has 0 aliphatic carbocycles. The second-order valence-corrected chi connectivity index (χ2v) is 4.43. The highest BCUT2D eigenvalue weighted by molar-refractivity contribution is 7.80. The van der Waals surface area contributed by atoms with E-state index in [1.54, 1.807) is 0 Å². The zero-order valence-corrected chi connectivity index (χ0v) is 8.82. The minimum absolute atomic E-state index is 0.749. The van der Waals surface area contributed by atoms with Crippen molar-refractivity contribution in [3.8, 4) is 0 Å². The SMILES string of the molecule is N[C@H]1C(O)O[C@H](COS(=O)(=O)O)C(O)[C@@H]1O. The molecular formula is C6H13NO8S. The van der Waals surface area contributed by atoms with Gasteiger partial charge in [0.05, 0.1) is 12.6 Å². The van der Waals surface area contributed by atoms with Crippen molar-refractivity contribution in [3.63, 3.8) is 0 Å². The molecule has 0 aromatic rings. The fraction of sp³-hybridized carbons (Fsp3) is 1.00. The molecule has 96 valence electrons. The third-order valence-electron chi connectivity index (χ3n) is 2.15. The summed E-state index contributed by atoms with van der Waals surface area (Å²) in [6.45, 7) is -0.749. The van der Waals surface area contributed by atoms with E-state index in [-0.39, 0.29) is 0 Å². The molecule has 1 aliphatic heterocycles. The van der Waals surface area contributed by atoms with E-state index in [0.717, 1.165) is 0 Å². The molecule has 1 saturated heterocycles. The van der Waals surface area contributed by atoms with Gasteiger partial charge in [0.25, 0.3) is 0 Å². The summed E-state index contributed by atoms with van der Waals surface area (Å²) in [5, 5.41) is 27.9. The van der Waals surface area contributed by atoms with Crippen molar-refractivity contribution in [3.05, 3.63) is 0 Å². The van der Waals surface area contributed by atoms with Crippen molar-refractivity contribution in [2.24, 2.45) is 5.73 Å². The largest absolute Gasteiger partial charge is 0.397 e. The number of nitrogens with two attached hydrogens (primary N) is 1. The van der Waals surface area contributed by atoms with Crippen molar-refractivity contribution in [1.82, 2.24) is 0 Å². The number of ether oxygens (including phenoxy) is 1. The average molecular weight is 259 g/mol. The molecule has 1 heterocycles. The van der Waals surface area contributed by atoms with Crippen LogP contribution >= 0.6 is 0 Å². The monoisotopic (exact) mass is 259 g/mol. The molecule has 2 unspecified atom stereocenters. The maximum atomic E-state index is 10.3. The van der Waals surface area contributed by atoms with E-state index in [1.807, 2.05) is 0 Å². The summed E-state index contributed by atoms with van der Waals surface area (Å²) in [5.74, 6) is 0. The molecule has 9 nitrogen and oxygen atoms in total. The van der Waals surface area contributed by atoms with E-state index in [9.17, 15) is 23.7 Å². The van der Waals surface area contributed by atoms with E-state index in [1.165, 1.54) is 0 Å². The Labute approximate surface area is 91.3 Å². The quantitative estimate of drug-likeness (QED) is 0.325. The van der Waals surface area contributed by atoms with Crippen molar-refractivity contribution in [2.45, 2.75) is 30.6 Å². The van der Waals surface area contributed by atoms with E-state index < -0.39 is 47.6 Å². The highest BCUT2D eigenvalue weighted by Gasteiger charge is 2.42. The molecule has 0 saturated carbocycles. The standard InChI is InChI=1S/C6H13NO8S/c7-3-5(9)4(8)2(15-6(3)10)1-14-16(11,12)13/h2-6,8-10H,1,7H2,(H,11,12,13)/t2-,3-,4?,5-,6?/m1/s1. The molecule has 5 atom stereocenters. The van der Waals surface area contributed by atoms with E-state index >= 15 is 0 Å². The lowest BCUT2D eigenvalue weighted by Gasteiger charge is -2.38. The van der Waals surface area contributed by atoms with Crippen LogP contribution in [0.5, 0.6) is 0 Å². The van der Waals surface area contributed by atoms with Gasteiger partial charge < -0.3 is 25.8 Å². The van der Waals surface area contributed by atoms with E-state index in [4.69, 9.17) is 15.0 Å². The zero-order chi connectivity index (χ0) is 12.5. The number of hydrogen-bond acceptors (Lipinski definition) is 8. The average Bonchev–Trinajstić information content (AvgIpc) is 2.17. The summed E-state index contributed by atoms with van der Waals surface area (Å²) < 4.78 is 37.4. The number of hydrogen-bond donors (Lipinski definition) is 5. The predicted octanol–water partition coefficient (Wildman–Crippen LogP) is -3.43. The maximum absolute atomic E-state index is 10.3. The van der Waals surface area contributed by atoms with Crippen LogP contribution in [0.25, 0.3) is 0 Å². The van der Waals surface area contributed by atoms with Crippen molar-refractivity contribution >= 4 is 10.4 Å². The van der Waals surface area contributed by atoms with Gasteiger partial charge in [0, 0.05) is 0 Å². The van der Waals surface area contributed by atoms with Gasteiger partial charge in [0.15, 0.2) is 6.29 Å². The molecule has 1 aliphatic rings. The van der Waals surface area contributed by atoms with Gasteiger partial charge >= 0.3 is 10.4 Å². The second kappa shape index (κ2) is 4.89. The molecule has 6 N–H and O–H groups in total. The first-order valence-corrected chi connectivity index (χ1v) is 5.66. The maximum Gasteiger partial charge on any atom is 0.397 e. The summed E-state index contributed by atoms with van der Waals surface area (Å²) in [7, 11) is -4.68. The van der Waals surface area contributed by atoms with Crippen molar-refractivity contribution in [2.75, 3.05) is 6.61 Å². The van der Waals surface area contributed by atoms with Gasteiger partial charge in [0.2, 0.25) is 0 Å². The van der Waals surface area contributed by atoms with Crippen LogP contribution in [0.4, 0.5) is 0 Å². The number of aliphatic hydroxyl groups excluding tert-OH is 3. The van der Waals surface area contributed by atoms with Gasteiger partial charge in [0.1, 0.15) is 18.3 Å². The van der Waals surface area contributed by atoms with Crippen LogP contribution in [0.3, 0.4) is 0 Å². The Morgan fingerprint density at radius 2 is 1.81 bits per heavy atom. The van der Waals surface area contributed by atoms with Crippen LogP contribution in [0.2, 0.25) is 0 Å². The Balaban J connectivity index is 2.61. The van der Waals surface area contributed by atoms with E-state index in [2.05, 4.69) is 4.18 Å². The Bertz CT molecular complexity index is 331. The Morgan fingerprint density at radius 3 is 2.31 bits per heavy atom. The lowest BCUT2D eigenvalue weighted by molar-refractivity contribution is -0.247. The number of rotatable bonds is 3. The topological polar surface area (TPSA) is 160 Å². The molecular weight excluding hydrogens is 246 g/mol. The molecule has 0 spiro atoms. The highest BCUT2D eigenvalue weighted by Crippen LogP contribution is 2.19. The zero-order valence-electron chi connectivity index (χ0n) is 8.00. The van der Waals surface area contributed by atoms with Crippen LogP contribution in [-0.2, 0) is 19.3 Å². The molecule has 0 radical (unpaired) electrons. The lowest BCUT2D eigenvalue weighted by Crippen LogP contribution is -2.62.